The van der Waals surface area contributed by atoms with Crippen LogP contribution in [0.3, 0.4) is 0 Å². The Hall–Kier alpha value is -1.98. The first-order valence-corrected chi connectivity index (χ1v) is 12.6. The highest BCUT2D eigenvalue weighted by molar-refractivity contribution is 7.90. The summed E-state index contributed by atoms with van der Waals surface area (Å²) in [6.45, 7) is 0. The summed E-state index contributed by atoms with van der Waals surface area (Å²) >= 11 is -1.18. The zero-order chi connectivity index (χ0) is 21.6. The van der Waals surface area contributed by atoms with Crippen molar-refractivity contribution in [1.29, 1.82) is 0 Å². The zero-order valence-corrected chi connectivity index (χ0v) is 19.1. The predicted octanol–water partition coefficient (Wildman–Crippen LogP) is 5.26. The van der Waals surface area contributed by atoms with E-state index in [1.54, 1.807) is 31.4 Å². The van der Waals surface area contributed by atoms with Crippen LogP contribution in [-0.2, 0) is 27.1 Å². The van der Waals surface area contributed by atoms with E-state index in [-0.39, 0.29) is 11.4 Å². The first-order chi connectivity index (χ1) is 15.0. The number of rotatable bonds is 6. The van der Waals surface area contributed by atoms with Gasteiger partial charge in [0.15, 0.2) is 4.90 Å². The number of esters is 1. The Bertz CT molecular complexity index is 933. The normalized spacial score (nSPS) is 29.6. The Morgan fingerprint density at radius 3 is 2.16 bits per heavy atom. The van der Waals surface area contributed by atoms with Crippen molar-refractivity contribution in [1.82, 2.24) is 0 Å². The Labute approximate surface area is 187 Å². The lowest BCUT2D eigenvalue weighted by atomic mass is 9.48. The van der Waals surface area contributed by atoms with Crippen LogP contribution in [0.15, 0.2) is 47.4 Å². The topological polar surface area (TPSA) is 58.6 Å². The lowest BCUT2D eigenvalue weighted by Crippen LogP contribution is -2.48. The second kappa shape index (κ2) is 8.18. The fraction of sp³-hybridized carbons (Fsp3) is 0.500. The van der Waals surface area contributed by atoms with E-state index < -0.39 is 11.2 Å². The number of carbonyl (C=O) groups is 1. The van der Waals surface area contributed by atoms with Gasteiger partial charge in [-0.1, -0.05) is 6.07 Å². The van der Waals surface area contributed by atoms with E-state index in [0.29, 0.717) is 11.3 Å². The molecule has 4 fully saturated rings. The molecule has 0 aliphatic heterocycles. The molecule has 31 heavy (non-hydrogen) atoms. The Morgan fingerprint density at radius 2 is 1.61 bits per heavy atom. The highest BCUT2D eigenvalue weighted by Gasteiger charge is 2.52. The molecule has 1 atom stereocenters. The van der Waals surface area contributed by atoms with Crippen molar-refractivity contribution < 1.29 is 18.8 Å². The third-order valence-electron chi connectivity index (χ3n) is 7.71. The largest absolute Gasteiger partial charge is 0.611 e. The molecule has 0 spiro atoms. The lowest BCUT2D eigenvalue weighted by molar-refractivity contribution is -0.00618. The van der Waals surface area contributed by atoms with Crippen LogP contribution in [0.25, 0.3) is 0 Å². The summed E-state index contributed by atoms with van der Waals surface area (Å²) in [5.41, 5.74) is 3.13. The smallest absolute Gasteiger partial charge is 0.337 e. The average molecular weight is 439 g/mol. The summed E-state index contributed by atoms with van der Waals surface area (Å²) in [6, 6.07) is 13.2. The molecule has 0 heterocycles. The maximum Gasteiger partial charge on any atom is 0.337 e. The summed E-state index contributed by atoms with van der Waals surface area (Å²) in [5.74, 6) is 3.65. The number of ether oxygens (including phenoxy) is 2. The van der Waals surface area contributed by atoms with Gasteiger partial charge >= 0.3 is 5.97 Å². The highest BCUT2D eigenvalue weighted by atomic mass is 32.2. The molecule has 2 aromatic carbocycles. The van der Waals surface area contributed by atoms with Crippen LogP contribution < -0.4 is 4.74 Å². The van der Waals surface area contributed by atoms with Gasteiger partial charge in [-0.2, -0.15) is 0 Å². The molecule has 4 bridgehead atoms. The molecule has 0 saturated heterocycles. The van der Waals surface area contributed by atoms with Crippen molar-refractivity contribution in [2.45, 2.75) is 54.6 Å². The third kappa shape index (κ3) is 3.87. The minimum atomic E-state index is -1.18. The molecule has 0 N–H and O–H groups in total. The predicted molar refractivity (Wildman–Crippen MR) is 121 cm³/mol. The van der Waals surface area contributed by atoms with Crippen molar-refractivity contribution in [2.24, 2.45) is 17.8 Å². The number of hydrogen-bond acceptors (Lipinski definition) is 4. The maximum atomic E-state index is 13.0. The fourth-order valence-corrected chi connectivity index (χ4v) is 7.88. The summed E-state index contributed by atoms with van der Waals surface area (Å²) in [6.07, 6.45) is 8.05. The van der Waals surface area contributed by atoms with E-state index in [0.717, 1.165) is 34.0 Å². The van der Waals surface area contributed by atoms with Gasteiger partial charge in [0.05, 0.1) is 19.8 Å². The minimum Gasteiger partial charge on any atom is -0.611 e. The van der Waals surface area contributed by atoms with Crippen LogP contribution in [0.5, 0.6) is 5.75 Å². The highest BCUT2D eigenvalue weighted by Crippen LogP contribution is 2.61. The van der Waals surface area contributed by atoms with Gasteiger partial charge in [0.25, 0.3) is 0 Å². The summed E-state index contributed by atoms with van der Waals surface area (Å²) in [7, 11) is 3.12. The van der Waals surface area contributed by atoms with Crippen LogP contribution in [-0.4, -0.2) is 24.7 Å². The molecule has 4 aliphatic rings. The van der Waals surface area contributed by atoms with Gasteiger partial charge in [-0.05, 0) is 109 Å². The third-order valence-corrected chi connectivity index (χ3v) is 9.10. The molecule has 5 heteroatoms. The number of methoxy groups -OCH3 is 2. The molecule has 0 amide bonds. The van der Waals surface area contributed by atoms with Crippen molar-refractivity contribution in [2.75, 3.05) is 14.2 Å². The summed E-state index contributed by atoms with van der Waals surface area (Å²) in [4.78, 5) is 12.4. The molecule has 0 aromatic heterocycles. The monoisotopic (exact) mass is 438 g/mol. The molecule has 4 nitrogen and oxygen atoms in total. The molecule has 0 radical (unpaired) electrons. The van der Waals surface area contributed by atoms with Crippen LogP contribution in [0.1, 0.15) is 60.0 Å². The molecule has 1 unspecified atom stereocenters. The van der Waals surface area contributed by atoms with E-state index in [1.807, 2.05) is 6.07 Å². The van der Waals surface area contributed by atoms with Crippen LogP contribution >= 0.6 is 0 Å². The van der Waals surface area contributed by atoms with Gasteiger partial charge in [0, 0.05) is 11.1 Å². The van der Waals surface area contributed by atoms with Crippen LogP contribution in [0.4, 0.5) is 0 Å². The second-order valence-electron chi connectivity index (χ2n) is 9.74. The fourth-order valence-electron chi connectivity index (χ4n) is 6.80. The van der Waals surface area contributed by atoms with E-state index in [1.165, 1.54) is 51.2 Å². The van der Waals surface area contributed by atoms with E-state index in [4.69, 9.17) is 9.47 Å². The van der Waals surface area contributed by atoms with Crippen molar-refractivity contribution in [3.8, 4) is 5.75 Å². The Kier molecular flexibility index (Phi) is 5.51. The summed E-state index contributed by atoms with van der Waals surface area (Å²) < 4.78 is 23.6. The number of benzene rings is 2. The van der Waals surface area contributed by atoms with Gasteiger partial charge in [-0.25, -0.2) is 4.79 Å². The molecule has 4 saturated carbocycles. The molecule has 164 valence electrons. The molecule has 2 aromatic rings. The number of carbonyl (C=O) groups excluding carboxylic acids is 1. The first kappa shape index (κ1) is 20.9. The minimum absolute atomic E-state index is 0.236. The maximum absolute atomic E-state index is 13.0. The standard InChI is InChI=1S/C26H30O4S/c1-29-24-8-3-17(16-31(28)22-6-4-21(5-7-22)25(27)30-2)12-23(24)26-13-18-9-19(14-26)11-20(10-18)15-26/h3-8,12,18-20H,9-11,13-16H2,1-2H3. The molecule has 6 rings (SSSR count). The quantitative estimate of drug-likeness (QED) is 0.456. The lowest BCUT2D eigenvalue weighted by Gasteiger charge is -2.57. The average Bonchev–Trinajstić information content (AvgIpc) is 2.77. The van der Waals surface area contributed by atoms with Crippen molar-refractivity contribution >= 4 is 17.1 Å². The molecular weight excluding hydrogens is 408 g/mol. The van der Waals surface area contributed by atoms with Crippen LogP contribution in [0, 0.1) is 17.8 Å². The number of hydrogen-bond donors (Lipinski definition) is 0. The van der Waals surface area contributed by atoms with E-state index >= 15 is 0 Å². The van der Waals surface area contributed by atoms with Gasteiger partial charge in [-0.3, -0.25) is 0 Å². The van der Waals surface area contributed by atoms with E-state index in [2.05, 4.69) is 12.1 Å². The van der Waals surface area contributed by atoms with Gasteiger partial charge in [-0.15, -0.1) is 0 Å². The van der Waals surface area contributed by atoms with Crippen LogP contribution in [0.2, 0.25) is 0 Å². The summed E-state index contributed by atoms with van der Waals surface area (Å²) in [5, 5.41) is 0. The van der Waals surface area contributed by atoms with Gasteiger partial charge < -0.3 is 14.0 Å². The molecule has 4 aliphatic carbocycles. The van der Waals surface area contributed by atoms with Gasteiger partial charge in [0.2, 0.25) is 0 Å². The first-order valence-electron chi connectivity index (χ1n) is 11.2. The Morgan fingerprint density at radius 1 is 1.00 bits per heavy atom. The second-order valence-corrected chi connectivity index (χ2v) is 11.2. The van der Waals surface area contributed by atoms with Crippen molar-refractivity contribution in [3.63, 3.8) is 0 Å². The molecular formula is C26H30O4S. The zero-order valence-electron chi connectivity index (χ0n) is 18.3. The Balaban J connectivity index is 1.39. The SMILES string of the molecule is COC(=O)c1ccc([S+]([O-])Cc2ccc(OC)c(C34CC5CC(CC(C5)C3)C4)c2)cc1. The van der Waals surface area contributed by atoms with E-state index in [9.17, 15) is 9.35 Å². The van der Waals surface area contributed by atoms with Crippen molar-refractivity contribution in [3.05, 3.63) is 59.2 Å². The van der Waals surface area contributed by atoms with Gasteiger partial charge in [0.1, 0.15) is 11.5 Å².